The van der Waals surface area contributed by atoms with Gasteiger partial charge in [0.1, 0.15) is 11.4 Å². The highest BCUT2D eigenvalue weighted by molar-refractivity contribution is 5.94. The fourth-order valence-electron chi connectivity index (χ4n) is 5.12. The van der Waals surface area contributed by atoms with E-state index in [0.717, 1.165) is 29.7 Å². The van der Waals surface area contributed by atoms with Crippen LogP contribution in [0.3, 0.4) is 0 Å². The quantitative estimate of drug-likeness (QED) is 0.558. The van der Waals surface area contributed by atoms with Gasteiger partial charge in [-0.1, -0.05) is 42.5 Å². The van der Waals surface area contributed by atoms with Crippen LogP contribution in [0.4, 0.5) is 4.79 Å². The maximum Gasteiger partial charge on any atom is 0.344 e. The van der Waals surface area contributed by atoms with E-state index in [-0.39, 0.29) is 17.9 Å². The van der Waals surface area contributed by atoms with Crippen molar-refractivity contribution in [3.8, 4) is 16.9 Å². The molecule has 1 saturated carbocycles. The molecule has 2 aliphatic rings. The Balaban J connectivity index is 1.21. The largest absolute Gasteiger partial charge is 0.490 e. The number of aryl methyl sites for hydroxylation is 1. The number of rotatable bonds is 4. The molecule has 2 aromatic carbocycles. The Labute approximate surface area is 187 Å². The minimum Gasteiger partial charge on any atom is -0.490 e. The molecule has 0 spiro atoms. The Bertz CT molecular complexity index is 1140. The van der Waals surface area contributed by atoms with Crippen molar-refractivity contribution in [1.29, 1.82) is 0 Å². The zero-order chi connectivity index (χ0) is 22.2. The van der Waals surface area contributed by atoms with Gasteiger partial charge in [0.2, 0.25) is 0 Å². The van der Waals surface area contributed by atoms with E-state index in [1.54, 1.807) is 13.1 Å². The molecule has 1 saturated heterocycles. The number of benzene rings is 2. The third kappa shape index (κ3) is 3.93. The van der Waals surface area contributed by atoms with Crippen LogP contribution in [0, 0.1) is 18.8 Å². The number of hydrogen-bond donors (Lipinski definition) is 0. The molecule has 1 aromatic heterocycles. The van der Waals surface area contributed by atoms with Crippen molar-refractivity contribution in [2.45, 2.75) is 32.8 Å². The molecule has 2 fully saturated rings. The number of carbonyl (C=O) groups is 2. The van der Waals surface area contributed by atoms with Crippen LogP contribution in [0.1, 0.15) is 35.8 Å². The van der Waals surface area contributed by atoms with Gasteiger partial charge in [-0.15, -0.1) is 0 Å². The van der Waals surface area contributed by atoms with E-state index in [1.807, 2.05) is 35.2 Å². The summed E-state index contributed by atoms with van der Waals surface area (Å²) < 4.78 is 7.66. The maximum atomic E-state index is 12.9. The van der Waals surface area contributed by atoms with Crippen molar-refractivity contribution in [2.75, 3.05) is 13.1 Å². The molecule has 3 aromatic rings. The summed E-state index contributed by atoms with van der Waals surface area (Å²) in [5.41, 5.74) is 3.43. The smallest absolute Gasteiger partial charge is 0.344 e. The van der Waals surface area contributed by atoms with E-state index in [2.05, 4.69) is 29.4 Å². The molecule has 1 amide bonds. The number of Topliss-reactive ketones (excluding diaryl/α,β-unsaturated/α-hetero) is 1. The summed E-state index contributed by atoms with van der Waals surface area (Å²) >= 11 is 0. The normalized spacial score (nSPS) is 22.1. The maximum absolute atomic E-state index is 12.9. The fourth-order valence-corrected chi connectivity index (χ4v) is 5.12. The summed E-state index contributed by atoms with van der Waals surface area (Å²) in [4.78, 5) is 26.4. The summed E-state index contributed by atoms with van der Waals surface area (Å²) in [5.74, 6) is 1.65. The second-order valence-corrected chi connectivity index (χ2v) is 8.97. The average Bonchev–Trinajstić information content (AvgIpc) is 3.47. The van der Waals surface area contributed by atoms with Gasteiger partial charge < -0.3 is 9.64 Å². The zero-order valence-corrected chi connectivity index (χ0v) is 18.4. The van der Waals surface area contributed by atoms with E-state index >= 15 is 0 Å². The molecule has 32 heavy (non-hydrogen) atoms. The van der Waals surface area contributed by atoms with Crippen molar-refractivity contribution >= 4 is 11.8 Å². The van der Waals surface area contributed by atoms with Crippen LogP contribution in [0.2, 0.25) is 0 Å². The molecule has 1 aliphatic heterocycles. The first-order valence-electron chi connectivity index (χ1n) is 11.2. The molecule has 2 heterocycles. The minimum atomic E-state index is -0.150. The molecule has 0 N–H and O–H groups in total. The van der Waals surface area contributed by atoms with Crippen molar-refractivity contribution in [3.63, 3.8) is 0 Å². The van der Waals surface area contributed by atoms with Gasteiger partial charge in [-0.25, -0.2) is 4.79 Å². The summed E-state index contributed by atoms with van der Waals surface area (Å²) in [6.45, 7) is 4.70. The van der Waals surface area contributed by atoms with Crippen molar-refractivity contribution in [3.05, 3.63) is 72.1 Å². The third-order valence-corrected chi connectivity index (χ3v) is 6.65. The van der Waals surface area contributed by atoms with Crippen molar-refractivity contribution < 1.29 is 14.3 Å². The topological polar surface area (TPSA) is 64.4 Å². The molecule has 0 unspecified atom stereocenters. The van der Waals surface area contributed by atoms with Crippen molar-refractivity contribution in [2.24, 2.45) is 11.8 Å². The monoisotopic (exact) mass is 429 g/mol. The third-order valence-electron chi connectivity index (χ3n) is 6.65. The lowest BCUT2D eigenvalue weighted by Gasteiger charge is -2.20. The van der Waals surface area contributed by atoms with Crippen LogP contribution in [0.15, 0.2) is 60.8 Å². The van der Waals surface area contributed by atoms with E-state index < -0.39 is 0 Å². The van der Waals surface area contributed by atoms with Crippen LogP contribution in [-0.2, 0) is 0 Å². The number of amides is 1. The van der Waals surface area contributed by atoms with Gasteiger partial charge in [-0.2, -0.15) is 9.78 Å². The molecule has 0 bridgehead atoms. The fraction of sp³-hybridized carbons (Fsp3) is 0.346. The van der Waals surface area contributed by atoms with Crippen LogP contribution >= 0.6 is 0 Å². The lowest BCUT2D eigenvalue weighted by molar-refractivity contribution is 0.101. The molecular weight excluding hydrogens is 402 g/mol. The molecular formula is C26H27N3O3. The number of aromatic nitrogens is 2. The molecule has 1 aliphatic carbocycles. The van der Waals surface area contributed by atoms with Crippen LogP contribution in [-0.4, -0.2) is 45.7 Å². The molecule has 3 atom stereocenters. The second-order valence-electron chi connectivity index (χ2n) is 8.97. The predicted molar refractivity (Wildman–Crippen MR) is 122 cm³/mol. The van der Waals surface area contributed by atoms with E-state index in [4.69, 9.17) is 4.74 Å². The first kappa shape index (κ1) is 20.5. The number of fused-ring (bicyclic) bond motifs is 1. The van der Waals surface area contributed by atoms with Gasteiger partial charge >= 0.3 is 6.03 Å². The number of ether oxygens (including phenoxy) is 1. The van der Waals surface area contributed by atoms with Gasteiger partial charge in [0, 0.05) is 26.2 Å². The lowest BCUT2D eigenvalue weighted by atomic mass is 10.0. The lowest BCUT2D eigenvalue weighted by Crippen LogP contribution is -2.34. The van der Waals surface area contributed by atoms with Gasteiger partial charge in [0.25, 0.3) is 0 Å². The summed E-state index contributed by atoms with van der Waals surface area (Å²) in [6.07, 6.45) is 3.71. The van der Waals surface area contributed by atoms with E-state index in [9.17, 15) is 9.59 Å². The van der Waals surface area contributed by atoms with Gasteiger partial charge in [0.15, 0.2) is 5.78 Å². The van der Waals surface area contributed by atoms with E-state index in [0.29, 0.717) is 30.6 Å². The van der Waals surface area contributed by atoms with Crippen LogP contribution < -0.4 is 4.74 Å². The Morgan fingerprint density at radius 2 is 1.66 bits per heavy atom. The van der Waals surface area contributed by atoms with Crippen molar-refractivity contribution in [1.82, 2.24) is 14.7 Å². The number of nitrogens with zero attached hydrogens (tertiary/aromatic N) is 3. The van der Waals surface area contributed by atoms with Crippen LogP contribution in [0.5, 0.6) is 5.75 Å². The van der Waals surface area contributed by atoms with Gasteiger partial charge in [-0.05, 0) is 60.4 Å². The predicted octanol–water partition coefficient (Wildman–Crippen LogP) is 4.82. The number of likely N-dealkylation sites (tertiary alicyclic amines) is 1. The number of carbonyl (C=O) groups excluding carboxylic acids is 2. The van der Waals surface area contributed by atoms with Gasteiger partial charge in [0.05, 0.1) is 6.10 Å². The van der Waals surface area contributed by atoms with E-state index in [1.165, 1.54) is 17.2 Å². The Morgan fingerprint density at radius 1 is 0.969 bits per heavy atom. The standard InChI is InChI=1S/C26H27N3O3/c1-17-14-29(27-25(17)18(2)30)26(31)28-15-21-12-24(13-22(21)16-28)32-23-10-6-9-20(11-23)19-7-4-3-5-8-19/h3-11,14,21-22,24H,12-13,15-16H2,1-2H3/t21-,22+,24+. The van der Waals surface area contributed by atoms with Gasteiger partial charge in [-0.3, -0.25) is 4.79 Å². The SMILES string of the molecule is CC(=O)c1nn(C(=O)N2C[C@H]3C[C@H](Oc4cccc(-c5ccccc5)c4)C[C@H]3C2)cc1C. The molecule has 0 radical (unpaired) electrons. The summed E-state index contributed by atoms with van der Waals surface area (Å²) in [7, 11) is 0. The molecule has 5 rings (SSSR count). The highest BCUT2D eigenvalue weighted by Crippen LogP contribution is 2.40. The minimum absolute atomic E-state index is 0.122. The molecule has 6 nitrogen and oxygen atoms in total. The highest BCUT2D eigenvalue weighted by atomic mass is 16.5. The first-order chi connectivity index (χ1) is 15.5. The summed E-state index contributed by atoms with van der Waals surface area (Å²) in [6, 6.07) is 18.4. The second kappa shape index (κ2) is 8.26. The Morgan fingerprint density at radius 3 is 2.31 bits per heavy atom. The average molecular weight is 430 g/mol. The molecule has 6 heteroatoms. The highest BCUT2D eigenvalue weighted by Gasteiger charge is 2.43. The molecule has 164 valence electrons. The van der Waals surface area contributed by atoms with Crippen LogP contribution in [0.25, 0.3) is 11.1 Å². The first-order valence-corrected chi connectivity index (χ1v) is 11.2. The number of ketones is 1. The Kier molecular flexibility index (Phi) is 5.29. The zero-order valence-electron chi connectivity index (χ0n) is 18.4. The summed E-state index contributed by atoms with van der Waals surface area (Å²) in [5, 5.41) is 4.20. The number of hydrogen-bond acceptors (Lipinski definition) is 4. The Hall–Kier alpha value is -3.41.